The van der Waals surface area contributed by atoms with E-state index in [1.807, 2.05) is 38.1 Å². The van der Waals surface area contributed by atoms with Gasteiger partial charge in [-0.1, -0.05) is 25.5 Å². The fourth-order valence-corrected chi connectivity index (χ4v) is 1.86. The molecule has 1 aromatic carbocycles. The molecule has 0 aliphatic rings. The maximum Gasteiger partial charge on any atom is 0.320 e. The van der Waals surface area contributed by atoms with Crippen molar-refractivity contribution in [3.8, 4) is 5.75 Å². The summed E-state index contributed by atoms with van der Waals surface area (Å²) in [6, 6.07) is 7.16. The molecular weight excluding hydrogens is 230 g/mol. The van der Waals surface area contributed by atoms with E-state index in [1.54, 1.807) is 7.11 Å². The van der Waals surface area contributed by atoms with Gasteiger partial charge in [0.2, 0.25) is 0 Å². The van der Waals surface area contributed by atoms with Gasteiger partial charge in [-0.15, -0.1) is 0 Å². The van der Waals surface area contributed by atoms with Crippen LogP contribution in [0.15, 0.2) is 24.3 Å². The van der Waals surface area contributed by atoms with Crippen LogP contribution in [0.2, 0.25) is 0 Å². The normalized spacial score (nSPS) is 13.9. The van der Waals surface area contributed by atoms with Crippen molar-refractivity contribution in [1.82, 2.24) is 5.32 Å². The number of nitrogens with one attached hydrogen (secondary N) is 1. The third-order valence-electron chi connectivity index (χ3n) is 2.94. The van der Waals surface area contributed by atoms with Gasteiger partial charge in [0, 0.05) is 6.04 Å². The van der Waals surface area contributed by atoms with Crippen molar-refractivity contribution in [2.24, 2.45) is 0 Å². The van der Waals surface area contributed by atoms with Crippen LogP contribution in [-0.4, -0.2) is 24.2 Å². The number of benzene rings is 1. The maximum atomic E-state index is 11.1. The summed E-state index contributed by atoms with van der Waals surface area (Å²) in [5, 5.41) is 12.2. The minimum atomic E-state index is -0.794. The van der Waals surface area contributed by atoms with Crippen LogP contribution in [-0.2, 0) is 4.79 Å². The Morgan fingerprint density at radius 3 is 2.44 bits per heavy atom. The van der Waals surface area contributed by atoms with Crippen LogP contribution >= 0.6 is 0 Å². The zero-order chi connectivity index (χ0) is 13.5. The average Bonchev–Trinajstić information content (AvgIpc) is 2.38. The van der Waals surface area contributed by atoms with Crippen LogP contribution in [0.25, 0.3) is 0 Å². The van der Waals surface area contributed by atoms with Crippen molar-refractivity contribution >= 4 is 5.97 Å². The molecule has 0 fully saturated rings. The molecule has 0 radical (unpaired) electrons. The minimum absolute atomic E-state index is 0.00329. The molecule has 0 aliphatic carbocycles. The van der Waals surface area contributed by atoms with Gasteiger partial charge in [0.25, 0.3) is 0 Å². The smallest absolute Gasteiger partial charge is 0.320 e. The molecular formula is C14H21NO3. The molecule has 0 aromatic heterocycles. The van der Waals surface area contributed by atoms with Gasteiger partial charge in [0.1, 0.15) is 11.8 Å². The zero-order valence-electron chi connectivity index (χ0n) is 11.1. The van der Waals surface area contributed by atoms with E-state index in [-0.39, 0.29) is 6.04 Å². The lowest BCUT2D eigenvalue weighted by Crippen LogP contribution is -2.38. The van der Waals surface area contributed by atoms with Crippen molar-refractivity contribution < 1.29 is 14.6 Å². The third-order valence-corrected chi connectivity index (χ3v) is 2.94. The highest BCUT2D eigenvalue weighted by Crippen LogP contribution is 2.18. The molecule has 2 N–H and O–H groups in total. The molecule has 2 atom stereocenters. The van der Waals surface area contributed by atoms with Crippen LogP contribution in [0.3, 0.4) is 0 Å². The number of hydrogen-bond acceptors (Lipinski definition) is 3. The molecule has 0 aliphatic heterocycles. The summed E-state index contributed by atoms with van der Waals surface area (Å²) >= 11 is 0. The Morgan fingerprint density at radius 1 is 1.39 bits per heavy atom. The van der Waals surface area contributed by atoms with Crippen LogP contribution in [0, 0.1) is 0 Å². The van der Waals surface area contributed by atoms with Crippen LogP contribution < -0.4 is 10.1 Å². The number of methoxy groups -OCH3 is 1. The molecule has 1 rings (SSSR count). The van der Waals surface area contributed by atoms with Crippen LogP contribution in [0.5, 0.6) is 5.75 Å². The minimum Gasteiger partial charge on any atom is -0.497 e. The number of carboxylic acids is 1. The Morgan fingerprint density at radius 2 is 2.00 bits per heavy atom. The number of ether oxygens (including phenoxy) is 1. The predicted molar refractivity (Wildman–Crippen MR) is 70.9 cm³/mol. The molecule has 0 heterocycles. The summed E-state index contributed by atoms with van der Waals surface area (Å²) in [5.41, 5.74) is 1.05. The summed E-state index contributed by atoms with van der Waals surface area (Å²) in [6.45, 7) is 3.95. The van der Waals surface area contributed by atoms with Crippen molar-refractivity contribution in [2.75, 3.05) is 7.11 Å². The lowest BCUT2D eigenvalue weighted by Gasteiger charge is -2.20. The number of rotatable bonds is 7. The van der Waals surface area contributed by atoms with Crippen molar-refractivity contribution in [2.45, 2.75) is 38.8 Å². The lowest BCUT2D eigenvalue weighted by atomic mass is 10.1. The molecule has 0 spiro atoms. The summed E-state index contributed by atoms with van der Waals surface area (Å²) in [4.78, 5) is 11.1. The first-order valence-electron chi connectivity index (χ1n) is 6.21. The SMILES string of the molecule is CCCC(N[C@H](C)c1ccc(OC)cc1)C(=O)O. The quantitative estimate of drug-likeness (QED) is 0.782. The van der Waals surface area contributed by atoms with Crippen LogP contribution in [0.1, 0.15) is 38.3 Å². The molecule has 4 nitrogen and oxygen atoms in total. The van der Waals surface area contributed by atoms with Gasteiger partial charge in [-0.05, 0) is 31.0 Å². The molecule has 1 aromatic rings. The number of aliphatic carboxylic acids is 1. The van der Waals surface area contributed by atoms with Gasteiger partial charge in [-0.3, -0.25) is 10.1 Å². The van der Waals surface area contributed by atoms with Crippen LogP contribution in [0.4, 0.5) is 0 Å². The monoisotopic (exact) mass is 251 g/mol. The number of carboxylic acid groups (broad SMARTS) is 1. The first-order chi connectivity index (χ1) is 8.58. The zero-order valence-corrected chi connectivity index (χ0v) is 11.1. The van der Waals surface area contributed by atoms with Gasteiger partial charge in [0.05, 0.1) is 7.11 Å². The first-order valence-corrected chi connectivity index (χ1v) is 6.21. The van der Waals surface area contributed by atoms with E-state index in [0.29, 0.717) is 6.42 Å². The standard InChI is InChI=1S/C14H21NO3/c1-4-5-13(14(16)17)15-10(2)11-6-8-12(18-3)9-7-11/h6-10,13,15H,4-5H2,1-3H3,(H,16,17)/t10-,13?/m1/s1. The molecule has 0 bridgehead atoms. The molecule has 4 heteroatoms. The van der Waals surface area contributed by atoms with Gasteiger partial charge < -0.3 is 9.84 Å². The predicted octanol–water partition coefficient (Wildman–Crippen LogP) is 2.60. The van der Waals surface area contributed by atoms with Crippen molar-refractivity contribution in [3.05, 3.63) is 29.8 Å². The van der Waals surface area contributed by atoms with E-state index in [2.05, 4.69) is 5.32 Å². The largest absolute Gasteiger partial charge is 0.497 e. The second kappa shape index (κ2) is 7.01. The van der Waals surface area contributed by atoms with Crippen molar-refractivity contribution in [1.29, 1.82) is 0 Å². The number of hydrogen-bond donors (Lipinski definition) is 2. The summed E-state index contributed by atoms with van der Waals surface area (Å²) < 4.78 is 5.09. The Balaban J connectivity index is 2.67. The molecule has 0 saturated heterocycles. The highest BCUT2D eigenvalue weighted by Gasteiger charge is 2.18. The van der Waals surface area contributed by atoms with E-state index in [0.717, 1.165) is 17.7 Å². The fraction of sp³-hybridized carbons (Fsp3) is 0.500. The van der Waals surface area contributed by atoms with E-state index in [4.69, 9.17) is 9.84 Å². The van der Waals surface area contributed by atoms with Gasteiger partial charge in [0.15, 0.2) is 0 Å². The Bertz CT molecular complexity index is 375. The van der Waals surface area contributed by atoms with E-state index >= 15 is 0 Å². The maximum absolute atomic E-state index is 11.1. The van der Waals surface area contributed by atoms with E-state index < -0.39 is 12.0 Å². The van der Waals surface area contributed by atoms with Gasteiger partial charge in [-0.2, -0.15) is 0 Å². The molecule has 0 saturated carbocycles. The van der Waals surface area contributed by atoms with E-state index in [9.17, 15) is 4.79 Å². The second-order valence-electron chi connectivity index (χ2n) is 4.34. The highest BCUT2D eigenvalue weighted by molar-refractivity contribution is 5.73. The summed E-state index contributed by atoms with van der Waals surface area (Å²) in [6.07, 6.45) is 1.48. The second-order valence-corrected chi connectivity index (χ2v) is 4.34. The van der Waals surface area contributed by atoms with Gasteiger partial charge in [-0.25, -0.2) is 0 Å². The summed E-state index contributed by atoms with van der Waals surface area (Å²) in [5.74, 6) is 0.00602. The first kappa shape index (κ1) is 14.5. The molecule has 18 heavy (non-hydrogen) atoms. The van der Waals surface area contributed by atoms with E-state index in [1.165, 1.54) is 0 Å². The highest BCUT2D eigenvalue weighted by atomic mass is 16.5. The molecule has 1 unspecified atom stereocenters. The Hall–Kier alpha value is -1.55. The van der Waals surface area contributed by atoms with Crippen molar-refractivity contribution in [3.63, 3.8) is 0 Å². The Labute approximate surface area is 108 Å². The third kappa shape index (κ3) is 4.04. The molecule has 100 valence electrons. The topological polar surface area (TPSA) is 58.6 Å². The summed E-state index contributed by atoms with van der Waals surface area (Å²) in [7, 11) is 1.62. The number of carbonyl (C=O) groups is 1. The fourth-order valence-electron chi connectivity index (χ4n) is 1.86. The van der Waals surface area contributed by atoms with Gasteiger partial charge >= 0.3 is 5.97 Å². The lowest BCUT2D eigenvalue weighted by molar-refractivity contribution is -0.139. The average molecular weight is 251 g/mol. The molecule has 0 amide bonds. The Kier molecular flexibility index (Phi) is 5.65.